The van der Waals surface area contributed by atoms with Gasteiger partial charge in [-0.15, -0.1) is 0 Å². The Bertz CT molecular complexity index is 501. The molecule has 0 heterocycles. The van der Waals surface area contributed by atoms with Crippen LogP contribution in [0.1, 0.15) is 18.1 Å². The molecular weight excluding hydrogens is 252 g/mol. The molecule has 0 aromatic heterocycles. The molecule has 0 saturated carbocycles. The molecule has 0 aliphatic rings. The Morgan fingerprint density at radius 1 is 1.33 bits per heavy atom. The average molecular weight is 272 g/mol. The molecule has 1 aromatic carbocycles. The van der Waals surface area contributed by atoms with Crippen LogP contribution in [-0.4, -0.2) is 28.1 Å². The smallest absolute Gasteiger partial charge is 0.241 e. The second-order valence-electron chi connectivity index (χ2n) is 4.42. The van der Waals surface area contributed by atoms with Crippen LogP contribution in [0.25, 0.3) is 0 Å². The first-order valence-corrected chi connectivity index (χ1v) is 7.16. The van der Waals surface area contributed by atoms with Crippen molar-refractivity contribution in [2.45, 2.75) is 31.7 Å². The summed E-state index contributed by atoms with van der Waals surface area (Å²) in [7, 11) is -1.97. The lowest BCUT2D eigenvalue weighted by molar-refractivity contribution is 0.413. The standard InChI is InChI=1S/C12H20N2O3S/c1-8-5-11(17-4)6-9(2)12(8)18(15,16)14-7-10(3)13/h5-6,10,14H,7,13H2,1-4H3. The first-order valence-electron chi connectivity index (χ1n) is 5.68. The molecule has 0 saturated heterocycles. The monoisotopic (exact) mass is 272 g/mol. The van der Waals surface area contributed by atoms with Crippen LogP contribution in [0.3, 0.4) is 0 Å². The van der Waals surface area contributed by atoms with Gasteiger partial charge in [0.1, 0.15) is 5.75 Å². The Balaban J connectivity index is 3.17. The third-order valence-electron chi connectivity index (χ3n) is 2.53. The highest BCUT2D eigenvalue weighted by atomic mass is 32.2. The number of aryl methyl sites for hydroxylation is 2. The lowest BCUT2D eigenvalue weighted by Crippen LogP contribution is -2.35. The van der Waals surface area contributed by atoms with Crippen LogP contribution >= 0.6 is 0 Å². The predicted molar refractivity (Wildman–Crippen MR) is 71.3 cm³/mol. The number of hydrogen-bond acceptors (Lipinski definition) is 4. The van der Waals surface area contributed by atoms with Crippen LogP contribution in [0.4, 0.5) is 0 Å². The Morgan fingerprint density at radius 2 is 1.83 bits per heavy atom. The molecule has 5 nitrogen and oxygen atoms in total. The van der Waals surface area contributed by atoms with E-state index in [1.54, 1.807) is 40.0 Å². The van der Waals surface area contributed by atoms with Gasteiger partial charge in [0, 0.05) is 12.6 Å². The summed E-state index contributed by atoms with van der Waals surface area (Å²) in [6.07, 6.45) is 0. The van der Waals surface area contributed by atoms with Crippen molar-refractivity contribution in [1.82, 2.24) is 4.72 Å². The summed E-state index contributed by atoms with van der Waals surface area (Å²) in [5.74, 6) is 0.649. The zero-order valence-corrected chi connectivity index (χ0v) is 12.0. The largest absolute Gasteiger partial charge is 0.497 e. The van der Waals surface area contributed by atoms with Crippen molar-refractivity contribution in [1.29, 1.82) is 0 Å². The van der Waals surface area contributed by atoms with Gasteiger partial charge >= 0.3 is 0 Å². The molecule has 0 radical (unpaired) electrons. The summed E-state index contributed by atoms with van der Waals surface area (Å²) in [6.45, 7) is 5.45. The van der Waals surface area contributed by atoms with Gasteiger partial charge in [0.25, 0.3) is 0 Å². The maximum atomic E-state index is 12.2. The molecule has 1 unspecified atom stereocenters. The Kier molecular flexibility index (Phi) is 4.72. The van der Waals surface area contributed by atoms with Gasteiger partial charge in [-0.25, -0.2) is 13.1 Å². The molecule has 0 spiro atoms. The zero-order chi connectivity index (χ0) is 13.9. The summed E-state index contributed by atoms with van der Waals surface area (Å²) in [5, 5.41) is 0. The Labute approximate surface area is 108 Å². The van der Waals surface area contributed by atoms with Crippen molar-refractivity contribution >= 4 is 10.0 Å². The van der Waals surface area contributed by atoms with Crippen LogP contribution in [-0.2, 0) is 10.0 Å². The fourth-order valence-corrected chi connectivity index (χ4v) is 3.36. The topological polar surface area (TPSA) is 81.4 Å². The highest BCUT2D eigenvalue weighted by Gasteiger charge is 2.20. The highest BCUT2D eigenvalue weighted by molar-refractivity contribution is 7.89. The Hall–Kier alpha value is -1.11. The van der Waals surface area contributed by atoms with Gasteiger partial charge in [-0.3, -0.25) is 0 Å². The predicted octanol–water partition coefficient (Wildman–Crippen LogP) is 0.938. The number of hydrogen-bond donors (Lipinski definition) is 2. The zero-order valence-electron chi connectivity index (χ0n) is 11.1. The van der Waals surface area contributed by atoms with Crippen LogP contribution in [0.15, 0.2) is 17.0 Å². The Morgan fingerprint density at radius 3 is 2.22 bits per heavy atom. The van der Waals surface area contributed by atoms with Crippen LogP contribution < -0.4 is 15.2 Å². The van der Waals surface area contributed by atoms with E-state index >= 15 is 0 Å². The number of ether oxygens (including phenoxy) is 1. The van der Waals surface area contributed by atoms with Crippen molar-refractivity contribution in [3.8, 4) is 5.75 Å². The lowest BCUT2D eigenvalue weighted by atomic mass is 10.1. The number of benzene rings is 1. The number of rotatable bonds is 5. The van der Waals surface area contributed by atoms with Gasteiger partial charge < -0.3 is 10.5 Å². The van der Waals surface area contributed by atoms with E-state index in [0.717, 1.165) is 0 Å². The molecule has 0 fully saturated rings. The normalized spacial score (nSPS) is 13.4. The van der Waals surface area contributed by atoms with E-state index < -0.39 is 10.0 Å². The minimum Gasteiger partial charge on any atom is -0.497 e. The fourth-order valence-electron chi connectivity index (χ4n) is 1.77. The minimum absolute atomic E-state index is 0.216. The first kappa shape index (κ1) is 14.9. The first-order chi connectivity index (χ1) is 8.27. The number of methoxy groups -OCH3 is 1. The fraction of sp³-hybridized carbons (Fsp3) is 0.500. The third kappa shape index (κ3) is 3.44. The molecule has 1 rings (SSSR count). The van der Waals surface area contributed by atoms with Crippen molar-refractivity contribution in [3.63, 3.8) is 0 Å². The summed E-state index contributed by atoms with van der Waals surface area (Å²) >= 11 is 0. The third-order valence-corrected chi connectivity index (χ3v) is 4.26. The van der Waals surface area contributed by atoms with E-state index in [-0.39, 0.29) is 12.6 Å². The SMILES string of the molecule is COc1cc(C)c(S(=O)(=O)NCC(C)N)c(C)c1. The molecule has 3 N–H and O–H groups in total. The average Bonchev–Trinajstić information content (AvgIpc) is 2.25. The molecule has 102 valence electrons. The number of nitrogens with one attached hydrogen (secondary N) is 1. The van der Waals surface area contributed by atoms with Crippen LogP contribution in [0.2, 0.25) is 0 Å². The van der Waals surface area contributed by atoms with Crippen molar-refractivity contribution in [3.05, 3.63) is 23.3 Å². The van der Waals surface area contributed by atoms with Crippen molar-refractivity contribution in [2.24, 2.45) is 5.73 Å². The van der Waals surface area contributed by atoms with Gasteiger partial charge in [-0.2, -0.15) is 0 Å². The molecule has 0 aliphatic carbocycles. The van der Waals surface area contributed by atoms with Crippen LogP contribution in [0.5, 0.6) is 5.75 Å². The van der Waals surface area contributed by atoms with Gasteiger partial charge in [-0.05, 0) is 44.0 Å². The molecular formula is C12H20N2O3S. The second-order valence-corrected chi connectivity index (χ2v) is 6.12. The maximum absolute atomic E-state index is 12.2. The molecule has 0 aliphatic heterocycles. The molecule has 1 atom stereocenters. The van der Waals surface area contributed by atoms with Crippen LogP contribution in [0, 0.1) is 13.8 Å². The molecule has 0 bridgehead atoms. The lowest BCUT2D eigenvalue weighted by Gasteiger charge is -2.14. The highest BCUT2D eigenvalue weighted by Crippen LogP contribution is 2.25. The quantitative estimate of drug-likeness (QED) is 0.835. The van der Waals surface area contributed by atoms with E-state index in [1.807, 2.05) is 0 Å². The van der Waals surface area contributed by atoms with E-state index in [2.05, 4.69) is 4.72 Å². The van der Waals surface area contributed by atoms with Gasteiger partial charge in [0.05, 0.1) is 12.0 Å². The maximum Gasteiger partial charge on any atom is 0.241 e. The van der Waals surface area contributed by atoms with Gasteiger partial charge in [-0.1, -0.05) is 0 Å². The van der Waals surface area contributed by atoms with Crippen molar-refractivity contribution in [2.75, 3.05) is 13.7 Å². The van der Waals surface area contributed by atoms with Gasteiger partial charge in [0.15, 0.2) is 0 Å². The second kappa shape index (κ2) is 5.69. The van der Waals surface area contributed by atoms with Crippen molar-refractivity contribution < 1.29 is 13.2 Å². The summed E-state index contributed by atoms with van der Waals surface area (Å²) in [5.41, 5.74) is 6.87. The number of nitrogens with two attached hydrogens (primary N) is 1. The summed E-state index contributed by atoms with van der Waals surface area (Å²) < 4.78 is 31.9. The van der Waals surface area contributed by atoms with E-state index in [9.17, 15) is 8.42 Å². The van der Waals surface area contributed by atoms with E-state index in [0.29, 0.717) is 21.8 Å². The molecule has 6 heteroatoms. The molecule has 1 aromatic rings. The molecule has 18 heavy (non-hydrogen) atoms. The number of sulfonamides is 1. The minimum atomic E-state index is -3.53. The summed E-state index contributed by atoms with van der Waals surface area (Å²) in [6, 6.07) is 3.18. The van der Waals surface area contributed by atoms with E-state index in [4.69, 9.17) is 10.5 Å². The summed E-state index contributed by atoms with van der Waals surface area (Å²) in [4.78, 5) is 0.295. The molecule has 0 amide bonds. The van der Waals surface area contributed by atoms with Gasteiger partial charge in [0.2, 0.25) is 10.0 Å². The van der Waals surface area contributed by atoms with E-state index in [1.165, 1.54) is 0 Å².